The Bertz CT molecular complexity index is 458. The number of hydrogen-bond acceptors (Lipinski definition) is 5. The van der Waals surface area contributed by atoms with Crippen LogP contribution in [0.5, 0.6) is 11.5 Å². The zero-order valence-electron chi connectivity index (χ0n) is 10.2. The Hall–Kier alpha value is -2.24. The molecule has 0 aromatic heterocycles. The number of benzene rings is 1. The molecule has 98 valence electrons. The number of carbonyl (C=O) groups is 2. The van der Waals surface area contributed by atoms with E-state index >= 15 is 0 Å². The molecule has 6 heteroatoms. The molecule has 18 heavy (non-hydrogen) atoms. The monoisotopic (exact) mass is 253 g/mol. The standard InChI is InChI=1S/C12H15NO5/c1-3-18-11(16)7-13(2)12(17)8-4-5-9(14)10(15)6-8/h4-6,14-15H,3,7H2,1-2H3. The van der Waals surface area contributed by atoms with E-state index in [-0.39, 0.29) is 30.2 Å². The minimum atomic E-state index is -0.503. The molecule has 0 atom stereocenters. The first kappa shape index (κ1) is 13.8. The molecule has 1 rings (SSSR count). The lowest BCUT2D eigenvalue weighted by atomic mass is 10.2. The van der Waals surface area contributed by atoms with E-state index in [9.17, 15) is 14.7 Å². The van der Waals surface area contributed by atoms with Gasteiger partial charge in [-0.05, 0) is 25.1 Å². The van der Waals surface area contributed by atoms with Crippen molar-refractivity contribution in [1.82, 2.24) is 4.90 Å². The number of nitrogens with zero attached hydrogens (tertiary/aromatic N) is 1. The number of rotatable bonds is 4. The lowest BCUT2D eigenvalue weighted by molar-refractivity contribution is -0.143. The highest BCUT2D eigenvalue weighted by atomic mass is 16.5. The smallest absolute Gasteiger partial charge is 0.325 e. The molecule has 0 fully saturated rings. The number of aromatic hydroxyl groups is 2. The third kappa shape index (κ3) is 3.38. The van der Waals surface area contributed by atoms with Crippen molar-refractivity contribution in [2.45, 2.75) is 6.92 Å². The summed E-state index contributed by atoms with van der Waals surface area (Å²) in [7, 11) is 1.45. The van der Waals surface area contributed by atoms with E-state index in [1.165, 1.54) is 24.1 Å². The van der Waals surface area contributed by atoms with Crippen LogP contribution in [0.1, 0.15) is 17.3 Å². The maximum absolute atomic E-state index is 11.9. The lowest BCUT2D eigenvalue weighted by Gasteiger charge is -2.16. The van der Waals surface area contributed by atoms with E-state index in [2.05, 4.69) is 0 Å². The zero-order chi connectivity index (χ0) is 13.7. The fourth-order valence-corrected chi connectivity index (χ4v) is 1.35. The molecular weight excluding hydrogens is 238 g/mol. The fraction of sp³-hybridized carbons (Fsp3) is 0.333. The zero-order valence-corrected chi connectivity index (χ0v) is 10.2. The van der Waals surface area contributed by atoms with Gasteiger partial charge in [0.2, 0.25) is 0 Å². The number of phenolic OH excluding ortho intramolecular Hbond substituents is 2. The maximum atomic E-state index is 11.9. The topological polar surface area (TPSA) is 87.1 Å². The Balaban J connectivity index is 2.74. The van der Waals surface area contributed by atoms with Gasteiger partial charge < -0.3 is 19.8 Å². The number of phenols is 2. The van der Waals surface area contributed by atoms with Crippen LogP contribution in [0.4, 0.5) is 0 Å². The van der Waals surface area contributed by atoms with Gasteiger partial charge in [-0.1, -0.05) is 0 Å². The molecule has 0 aliphatic rings. The van der Waals surface area contributed by atoms with E-state index in [0.717, 1.165) is 6.07 Å². The summed E-state index contributed by atoms with van der Waals surface area (Å²) in [6.07, 6.45) is 0. The minimum absolute atomic E-state index is 0.172. The SMILES string of the molecule is CCOC(=O)CN(C)C(=O)c1ccc(O)c(O)c1. The second-order valence-electron chi connectivity index (χ2n) is 3.67. The molecule has 6 nitrogen and oxygen atoms in total. The maximum Gasteiger partial charge on any atom is 0.325 e. The third-order valence-electron chi connectivity index (χ3n) is 2.24. The van der Waals surface area contributed by atoms with Gasteiger partial charge in [-0.2, -0.15) is 0 Å². The summed E-state index contributed by atoms with van der Waals surface area (Å²) in [4.78, 5) is 24.2. The first-order chi connectivity index (χ1) is 8.45. The van der Waals surface area contributed by atoms with Gasteiger partial charge in [0.25, 0.3) is 5.91 Å². The molecule has 0 radical (unpaired) electrons. The molecule has 1 aromatic carbocycles. The van der Waals surface area contributed by atoms with E-state index in [0.29, 0.717) is 0 Å². The van der Waals surface area contributed by atoms with Crippen molar-refractivity contribution in [2.24, 2.45) is 0 Å². The molecule has 1 aromatic rings. The van der Waals surface area contributed by atoms with Gasteiger partial charge in [0.05, 0.1) is 6.61 Å². The Morgan fingerprint density at radius 2 is 1.94 bits per heavy atom. The molecule has 0 heterocycles. The highest BCUT2D eigenvalue weighted by Gasteiger charge is 2.16. The lowest BCUT2D eigenvalue weighted by Crippen LogP contribution is -2.33. The van der Waals surface area contributed by atoms with E-state index in [1.54, 1.807) is 6.92 Å². The van der Waals surface area contributed by atoms with Gasteiger partial charge in [0.15, 0.2) is 11.5 Å². The van der Waals surface area contributed by atoms with Crippen LogP contribution in [0, 0.1) is 0 Å². The van der Waals surface area contributed by atoms with Crippen LogP contribution in [-0.2, 0) is 9.53 Å². The Morgan fingerprint density at radius 1 is 1.28 bits per heavy atom. The van der Waals surface area contributed by atoms with Crippen molar-refractivity contribution >= 4 is 11.9 Å². The fourth-order valence-electron chi connectivity index (χ4n) is 1.35. The van der Waals surface area contributed by atoms with Crippen LogP contribution in [0.25, 0.3) is 0 Å². The molecule has 2 N–H and O–H groups in total. The van der Waals surface area contributed by atoms with Gasteiger partial charge in [0.1, 0.15) is 6.54 Å². The molecule has 1 amide bonds. The van der Waals surface area contributed by atoms with Crippen molar-refractivity contribution < 1.29 is 24.5 Å². The van der Waals surface area contributed by atoms with E-state index in [4.69, 9.17) is 9.84 Å². The Labute approximate surface area is 104 Å². The number of carbonyl (C=O) groups excluding carboxylic acids is 2. The number of hydrogen-bond donors (Lipinski definition) is 2. The van der Waals surface area contributed by atoms with Crippen molar-refractivity contribution in [3.05, 3.63) is 23.8 Å². The number of esters is 1. The van der Waals surface area contributed by atoms with Gasteiger partial charge in [-0.15, -0.1) is 0 Å². The van der Waals surface area contributed by atoms with Crippen molar-refractivity contribution in [1.29, 1.82) is 0 Å². The average Bonchev–Trinajstić information content (AvgIpc) is 2.32. The predicted molar refractivity (Wildman–Crippen MR) is 63.4 cm³/mol. The summed E-state index contributed by atoms with van der Waals surface area (Å²) in [5, 5.41) is 18.4. The summed E-state index contributed by atoms with van der Waals surface area (Å²) in [5.74, 6) is -1.64. The molecule has 0 aliphatic heterocycles. The molecule has 0 spiro atoms. The molecular formula is C12H15NO5. The first-order valence-electron chi connectivity index (χ1n) is 5.38. The van der Waals surface area contributed by atoms with Gasteiger partial charge in [-0.3, -0.25) is 9.59 Å². The van der Waals surface area contributed by atoms with Crippen molar-refractivity contribution in [2.75, 3.05) is 20.2 Å². The molecule has 0 bridgehead atoms. The Morgan fingerprint density at radius 3 is 2.50 bits per heavy atom. The van der Waals surface area contributed by atoms with Gasteiger partial charge in [0, 0.05) is 12.6 Å². The second kappa shape index (κ2) is 5.90. The van der Waals surface area contributed by atoms with Gasteiger partial charge >= 0.3 is 5.97 Å². The summed E-state index contributed by atoms with van der Waals surface area (Å²) in [6, 6.07) is 3.71. The van der Waals surface area contributed by atoms with E-state index in [1.807, 2.05) is 0 Å². The molecule has 0 saturated heterocycles. The number of ether oxygens (including phenoxy) is 1. The molecule has 0 saturated carbocycles. The van der Waals surface area contributed by atoms with Gasteiger partial charge in [-0.25, -0.2) is 0 Å². The largest absolute Gasteiger partial charge is 0.504 e. The highest BCUT2D eigenvalue weighted by Crippen LogP contribution is 2.25. The summed E-state index contributed by atoms with van der Waals surface area (Å²) >= 11 is 0. The summed E-state index contributed by atoms with van der Waals surface area (Å²) in [6.45, 7) is 1.76. The Kier molecular flexibility index (Phi) is 4.53. The minimum Gasteiger partial charge on any atom is -0.504 e. The first-order valence-corrected chi connectivity index (χ1v) is 5.38. The van der Waals surface area contributed by atoms with Crippen LogP contribution in [-0.4, -0.2) is 47.2 Å². The van der Waals surface area contributed by atoms with Crippen LogP contribution in [0.15, 0.2) is 18.2 Å². The number of likely N-dealkylation sites (N-methyl/N-ethyl adjacent to an activating group) is 1. The van der Waals surface area contributed by atoms with Crippen LogP contribution < -0.4 is 0 Å². The summed E-state index contributed by atoms with van der Waals surface area (Å²) < 4.78 is 4.72. The second-order valence-corrected chi connectivity index (χ2v) is 3.67. The molecule has 0 unspecified atom stereocenters. The third-order valence-corrected chi connectivity index (χ3v) is 2.24. The van der Waals surface area contributed by atoms with E-state index < -0.39 is 11.9 Å². The van der Waals surface area contributed by atoms with Crippen molar-refractivity contribution in [3.8, 4) is 11.5 Å². The number of amides is 1. The van der Waals surface area contributed by atoms with Crippen LogP contribution in [0.2, 0.25) is 0 Å². The van der Waals surface area contributed by atoms with Crippen molar-refractivity contribution in [3.63, 3.8) is 0 Å². The van der Waals surface area contributed by atoms with Crippen LogP contribution in [0.3, 0.4) is 0 Å². The summed E-state index contributed by atoms with van der Waals surface area (Å²) in [5.41, 5.74) is 0.178. The predicted octanol–water partition coefficient (Wildman–Crippen LogP) is 0.733. The quantitative estimate of drug-likeness (QED) is 0.610. The van der Waals surface area contributed by atoms with Crippen LogP contribution >= 0.6 is 0 Å². The highest BCUT2D eigenvalue weighted by molar-refractivity contribution is 5.96. The normalized spacial score (nSPS) is 9.89. The molecule has 0 aliphatic carbocycles. The average molecular weight is 253 g/mol.